The van der Waals surface area contributed by atoms with E-state index in [9.17, 15) is 0 Å². The molecule has 1 aromatic rings. The third-order valence-corrected chi connectivity index (χ3v) is 3.87. The second-order valence-electron chi connectivity index (χ2n) is 4.77. The molecule has 1 saturated heterocycles. The largest absolute Gasteiger partial charge is 0.468 e. The van der Waals surface area contributed by atoms with Crippen LogP contribution in [0.25, 0.3) is 0 Å². The van der Waals surface area contributed by atoms with E-state index in [1.165, 1.54) is 12.8 Å². The molecule has 0 spiro atoms. The Labute approximate surface area is 104 Å². The Kier molecular flexibility index (Phi) is 4.63. The van der Waals surface area contributed by atoms with Crippen LogP contribution >= 0.6 is 0 Å². The van der Waals surface area contributed by atoms with E-state index in [0.29, 0.717) is 6.04 Å². The van der Waals surface area contributed by atoms with Gasteiger partial charge in [0.1, 0.15) is 5.76 Å². The van der Waals surface area contributed by atoms with Crippen molar-refractivity contribution in [2.45, 2.75) is 32.7 Å². The fourth-order valence-electron chi connectivity index (χ4n) is 2.95. The molecule has 1 atom stereocenters. The summed E-state index contributed by atoms with van der Waals surface area (Å²) >= 11 is 0. The molecule has 96 valence electrons. The van der Waals surface area contributed by atoms with Crippen LogP contribution in [0, 0.1) is 5.92 Å². The molecular formula is C14H24N2O. The van der Waals surface area contributed by atoms with Gasteiger partial charge in [-0.15, -0.1) is 0 Å². The molecule has 1 N–H and O–H groups in total. The topological polar surface area (TPSA) is 28.4 Å². The molecule has 1 fully saturated rings. The number of nitrogens with zero attached hydrogens (tertiary/aromatic N) is 1. The molecule has 1 aliphatic heterocycles. The first kappa shape index (κ1) is 12.7. The van der Waals surface area contributed by atoms with Gasteiger partial charge in [-0.2, -0.15) is 0 Å². The minimum Gasteiger partial charge on any atom is -0.468 e. The lowest BCUT2D eigenvalue weighted by molar-refractivity contribution is 0.113. The van der Waals surface area contributed by atoms with Crippen molar-refractivity contribution in [1.82, 2.24) is 10.2 Å². The third kappa shape index (κ3) is 2.90. The van der Waals surface area contributed by atoms with Gasteiger partial charge in [0, 0.05) is 0 Å². The number of piperidine rings is 1. The van der Waals surface area contributed by atoms with Crippen LogP contribution in [0.4, 0.5) is 0 Å². The molecule has 3 nitrogen and oxygen atoms in total. The van der Waals surface area contributed by atoms with Gasteiger partial charge >= 0.3 is 0 Å². The van der Waals surface area contributed by atoms with Crippen LogP contribution in [0.2, 0.25) is 0 Å². The summed E-state index contributed by atoms with van der Waals surface area (Å²) in [5.41, 5.74) is 0. The normalized spacial score (nSPS) is 19.7. The van der Waals surface area contributed by atoms with Crippen LogP contribution in [-0.4, -0.2) is 31.1 Å². The van der Waals surface area contributed by atoms with E-state index in [0.717, 1.165) is 37.9 Å². The summed E-state index contributed by atoms with van der Waals surface area (Å²) in [5, 5.41) is 3.44. The second kappa shape index (κ2) is 6.22. The van der Waals surface area contributed by atoms with Crippen molar-refractivity contribution < 1.29 is 4.42 Å². The number of hydrogen-bond acceptors (Lipinski definition) is 3. The Morgan fingerprint density at radius 3 is 2.59 bits per heavy atom. The first-order chi connectivity index (χ1) is 8.36. The molecule has 0 amide bonds. The van der Waals surface area contributed by atoms with Gasteiger partial charge in [0.05, 0.1) is 12.3 Å². The van der Waals surface area contributed by atoms with Gasteiger partial charge in [0.25, 0.3) is 0 Å². The molecule has 0 saturated carbocycles. The molecule has 1 aromatic heterocycles. The summed E-state index contributed by atoms with van der Waals surface area (Å²) < 4.78 is 5.67. The predicted octanol–water partition coefficient (Wildman–Crippen LogP) is 2.66. The van der Waals surface area contributed by atoms with Gasteiger partial charge in [0.2, 0.25) is 0 Å². The highest BCUT2D eigenvalue weighted by atomic mass is 16.3. The molecule has 0 radical (unpaired) electrons. The molecule has 2 heterocycles. The lowest BCUT2D eigenvalue weighted by Gasteiger charge is -2.36. The molecule has 3 heteroatoms. The number of hydrogen-bond donors (Lipinski definition) is 1. The zero-order valence-electron chi connectivity index (χ0n) is 11.0. The van der Waals surface area contributed by atoms with Crippen LogP contribution in [-0.2, 0) is 0 Å². The van der Waals surface area contributed by atoms with Crippen LogP contribution in [0.1, 0.15) is 38.5 Å². The van der Waals surface area contributed by atoms with Crippen molar-refractivity contribution in [1.29, 1.82) is 0 Å². The number of rotatable bonds is 5. The summed E-state index contributed by atoms with van der Waals surface area (Å²) in [6.07, 6.45) is 4.30. The zero-order valence-corrected chi connectivity index (χ0v) is 11.0. The standard InChI is InChI=1S/C14H24N2O/c1-3-16(4-2)14(13-6-5-11-17-13)12-7-9-15-10-8-12/h5-6,11-12,14-15H,3-4,7-10H2,1-2H3. The van der Waals surface area contributed by atoms with E-state index in [1.807, 2.05) is 6.07 Å². The molecule has 2 rings (SSSR count). The van der Waals surface area contributed by atoms with E-state index < -0.39 is 0 Å². The monoisotopic (exact) mass is 236 g/mol. The molecule has 0 aromatic carbocycles. The smallest absolute Gasteiger partial charge is 0.121 e. The van der Waals surface area contributed by atoms with Crippen molar-refractivity contribution in [3.8, 4) is 0 Å². The van der Waals surface area contributed by atoms with Gasteiger partial charge in [-0.25, -0.2) is 0 Å². The van der Waals surface area contributed by atoms with Gasteiger partial charge in [0.15, 0.2) is 0 Å². The number of furan rings is 1. The SMILES string of the molecule is CCN(CC)C(c1ccco1)C1CCNCC1. The minimum atomic E-state index is 0.460. The van der Waals surface area contributed by atoms with Crippen molar-refractivity contribution in [3.63, 3.8) is 0 Å². The maximum atomic E-state index is 5.67. The van der Waals surface area contributed by atoms with E-state index in [-0.39, 0.29) is 0 Å². The molecule has 1 unspecified atom stereocenters. The van der Waals surface area contributed by atoms with Gasteiger partial charge in [-0.1, -0.05) is 13.8 Å². The summed E-state index contributed by atoms with van der Waals surface area (Å²) in [4.78, 5) is 2.52. The zero-order chi connectivity index (χ0) is 12.1. The summed E-state index contributed by atoms with van der Waals surface area (Å²) in [6.45, 7) is 8.94. The quantitative estimate of drug-likeness (QED) is 0.852. The highest BCUT2D eigenvalue weighted by Gasteiger charge is 2.30. The van der Waals surface area contributed by atoms with Gasteiger partial charge < -0.3 is 9.73 Å². The average molecular weight is 236 g/mol. The van der Waals surface area contributed by atoms with E-state index in [4.69, 9.17) is 4.42 Å². The van der Waals surface area contributed by atoms with Gasteiger partial charge in [-0.3, -0.25) is 4.90 Å². The highest BCUT2D eigenvalue weighted by Crippen LogP contribution is 2.34. The van der Waals surface area contributed by atoms with Crippen LogP contribution < -0.4 is 5.32 Å². The predicted molar refractivity (Wildman–Crippen MR) is 70.0 cm³/mol. The van der Waals surface area contributed by atoms with E-state index in [1.54, 1.807) is 6.26 Å². The maximum absolute atomic E-state index is 5.67. The Hall–Kier alpha value is -0.800. The van der Waals surface area contributed by atoms with Crippen LogP contribution in [0.5, 0.6) is 0 Å². The molecule has 17 heavy (non-hydrogen) atoms. The number of nitrogens with one attached hydrogen (secondary N) is 1. The third-order valence-electron chi connectivity index (χ3n) is 3.87. The van der Waals surface area contributed by atoms with E-state index >= 15 is 0 Å². The summed E-state index contributed by atoms with van der Waals surface area (Å²) in [7, 11) is 0. The lowest BCUT2D eigenvalue weighted by Crippen LogP contribution is -2.38. The Bertz CT molecular complexity index is 300. The van der Waals surface area contributed by atoms with Crippen molar-refractivity contribution in [2.75, 3.05) is 26.2 Å². The molecule has 0 aliphatic carbocycles. The second-order valence-corrected chi connectivity index (χ2v) is 4.77. The van der Waals surface area contributed by atoms with Gasteiger partial charge in [-0.05, 0) is 57.1 Å². The van der Waals surface area contributed by atoms with Crippen molar-refractivity contribution >= 4 is 0 Å². The first-order valence-electron chi connectivity index (χ1n) is 6.85. The first-order valence-corrected chi connectivity index (χ1v) is 6.85. The fraction of sp³-hybridized carbons (Fsp3) is 0.714. The summed E-state index contributed by atoms with van der Waals surface area (Å²) in [6, 6.07) is 4.60. The molecular weight excluding hydrogens is 212 g/mol. The maximum Gasteiger partial charge on any atom is 0.121 e. The highest BCUT2D eigenvalue weighted by molar-refractivity contribution is 5.07. The van der Waals surface area contributed by atoms with Crippen molar-refractivity contribution in [2.24, 2.45) is 5.92 Å². The minimum absolute atomic E-state index is 0.460. The average Bonchev–Trinajstić information content (AvgIpc) is 2.90. The summed E-state index contributed by atoms with van der Waals surface area (Å²) in [5.74, 6) is 1.86. The lowest BCUT2D eigenvalue weighted by atomic mass is 9.87. The Balaban J connectivity index is 2.16. The van der Waals surface area contributed by atoms with E-state index in [2.05, 4.69) is 30.1 Å². The Morgan fingerprint density at radius 2 is 2.06 bits per heavy atom. The Morgan fingerprint density at radius 1 is 1.35 bits per heavy atom. The molecule has 1 aliphatic rings. The van der Waals surface area contributed by atoms with Crippen LogP contribution in [0.3, 0.4) is 0 Å². The van der Waals surface area contributed by atoms with Crippen LogP contribution in [0.15, 0.2) is 22.8 Å². The van der Waals surface area contributed by atoms with Crippen molar-refractivity contribution in [3.05, 3.63) is 24.2 Å². The fourth-order valence-corrected chi connectivity index (χ4v) is 2.95. The molecule has 0 bridgehead atoms.